The van der Waals surface area contributed by atoms with Crippen LogP contribution in [0.2, 0.25) is 0 Å². The monoisotopic (exact) mass is 262 g/mol. The highest BCUT2D eigenvalue weighted by molar-refractivity contribution is 5.99. The lowest BCUT2D eigenvalue weighted by Crippen LogP contribution is -2.20. The lowest BCUT2D eigenvalue weighted by Gasteiger charge is -2.06. The third kappa shape index (κ3) is 5.55. The van der Waals surface area contributed by atoms with Crippen molar-refractivity contribution >= 4 is 11.8 Å². The molecule has 0 aromatic heterocycles. The number of hydrogen-bond donors (Lipinski definition) is 1. The number of carbonyl (C=O) groups is 1. The van der Waals surface area contributed by atoms with Crippen molar-refractivity contribution in [1.29, 1.82) is 0 Å². The molecule has 0 aliphatic heterocycles. The number of ether oxygens (including phenoxy) is 1. The molecular weight excluding hydrogens is 240 g/mol. The Morgan fingerprint density at radius 3 is 2.47 bits per heavy atom. The molecule has 0 bridgehead atoms. The molecule has 0 atom stereocenters. The summed E-state index contributed by atoms with van der Waals surface area (Å²) in [6, 6.07) is 8.23. The molecule has 104 valence electrons. The van der Waals surface area contributed by atoms with E-state index in [4.69, 9.17) is 4.74 Å². The zero-order chi connectivity index (χ0) is 14.3. The first-order chi connectivity index (χ1) is 9.02. The number of nitrogens with zero attached hydrogens (tertiary/aromatic N) is 1. The van der Waals surface area contributed by atoms with Gasteiger partial charge in [0, 0.05) is 0 Å². The fourth-order valence-electron chi connectivity index (χ4n) is 1.71. The van der Waals surface area contributed by atoms with Crippen LogP contribution in [0, 0.1) is 5.92 Å². The molecule has 0 heterocycles. The highest BCUT2D eigenvalue weighted by atomic mass is 16.5. The Labute approximate surface area is 114 Å². The van der Waals surface area contributed by atoms with Crippen molar-refractivity contribution in [3.8, 4) is 0 Å². The zero-order valence-corrected chi connectivity index (χ0v) is 12.1. The first-order valence-electron chi connectivity index (χ1n) is 6.59. The number of rotatable bonds is 5. The van der Waals surface area contributed by atoms with Crippen molar-refractivity contribution in [3.63, 3.8) is 0 Å². The summed E-state index contributed by atoms with van der Waals surface area (Å²) >= 11 is 0. The number of amides is 1. The maximum Gasteiger partial charge on any atom is 0.427 e. The van der Waals surface area contributed by atoms with Crippen LogP contribution in [0.3, 0.4) is 0 Å². The van der Waals surface area contributed by atoms with E-state index in [2.05, 4.69) is 36.5 Å². The first-order valence-corrected chi connectivity index (χ1v) is 6.59. The lowest BCUT2D eigenvalue weighted by atomic mass is 10.0. The van der Waals surface area contributed by atoms with Crippen molar-refractivity contribution < 1.29 is 9.53 Å². The van der Waals surface area contributed by atoms with Crippen molar-refractivity contribution in [3.05, 3.63) is 35.4 Å². The van der Waals surface area contributed by atoms with Crippen LogP contribution in [0.15, 0.2) is 29.4 Å². The van der Waals surface area contributed by atoms with Gasteiger partial charge >= 0.3 is 6.09 Å². The summed E-state index contributed by atoms with van der Waals surface area (Å²) in [5, 5.41) is 4.00. The van der Waals surface area contributed by atoms with Crippen molar-refractivity contribution in [1.82, 2.24) is 5.43 Å². The van der Waals surface area contributed by atoms with Gasteiger partial charge in [-0.2, -0.15) is 5.10 Å². The number of benzene rings is 1. The highest BCUT2D eigenvalue weighted by Crippen LogP contribution is 2.10. The second kappa shape index (κ2) is 7.56. The van der Waals surface area contributed by atoms with Gasteiger partial charge in [-0.1, -0.05) is 38.1 Å². The molecule has 0 saturated carbocycles. The fourth-order valence-corrected chi connectivity index (χ4v) is 1.71. The topological polar surface area (TPSA) is 50.7 Å². The Hall–Kier alpha value is -1.84. The molecule has 19 heavy (non-hydrogen) atoms. The van der Waals surface area contributed by atoms with Gasteiger partial charge in [0.05, 0.1) is 12.3 Å². The normalized spacial score (nSPS) is 11.5. The molecule has 4 heteroatoms. The molecule has 0 fully saturated rings. The Morgan fingerprint density at radius 1 is 1.32 bits per heavy atom. The number of hydrogen-bond acceptors (Lipinski definition) is 3. The molecule has 4 nitrogen and oxygen atoms in total. The number of carbonyl (C=O) groups excluding carboxylic acids is 1. The van der Waals surface area contributed by atoms with Gasteiger partial charge in [-0.25, -0.2) is 10.2 Å². The van der Waals surface area contributed by atoms with Gasteiger partial charge in [0.2, 0.25) is 0 Å². The summed E-state index contributed by atoms with van der Waals surface area (Å²) in [6.45, 7) is 8.34. The Bertz CT molecular complexity index is 436. The van der Waals surface area contributed by atoms with E-state index in [0.717, 1.165) is 17.7 Å². The van der Waals surface area contributed by atoms with Crippen LogP contribution in [-0.4, -0.2) is 18.4 Å². The third-order valence-corrected chi connectivity index (χ3v) is 2.61. The van der Waals surface area contributed by atoms with Crippen LogP contribution in [0.5, 0.6) is 0 Å². The third-order valence-electron chi connectivity index (χ3n) is 2.61. The highest BCUT2D eigenvalue weighted by Gasteiger charge is 2.02. The summed E-state index contributed by atoms with van der Waals surface area (Å²) < 4.78 is 4.73. The molecule has 1 aromatic carbocycles. The van der Waals surface area contributed by atoms with E-state index in [9.17, 15) is 4.79 Å². The number of nitrogens with one attached hydrogen (secondary N) is 1. The molecule has 0 aliphatic carbocycles. The average molecular weight is 262 g/mol. The maximum absolute atomic E-state index is 11.1. The molecule has 1 amide bonds. The minimum atomic E-state index is -0.529. The van der Waals surface area contributed by atoms with E-state index in [1.807, 2.05) is 19.1 Å². The predicted molar refractivity (Wildman–Crippen MR) is 77.4 cm³/mol. The largest absolute Gasteiger partial charge is 0.449 e. The summed E-state index contributed by atoms with van der Waals surface area (Å²) in [4.78, 5) is 11.1. The van der Waals surface area contributed by atoms with Crippen molar-refractivity contribution in [2.75, 3.05) is 6.61 Å². The van der Waals surface area contributed by atoms with E-state index in [0.29, 0.717) is 12.5 Å². The van der Waals surface area contributed by atoms with Crippen molar-refractivity contribution in [2.45, 2.75) is 34.1 Å². The van der Waals surface area contributed by atoms with Crippen LogP contribution < -0.4 is 5.43 Å². The second-order valence-corrected chi connectivity index (χ2v) is 4.82. The van der Waals surface area contributed by atoms with Gasteiger partial charge < -0.3 is 4.74 Å². The van der Waals surface area contributed by atoms with E-state index < -0.39 is 6.09 Å². The molecule has 0 unspecified atom stereocenters. The minimum absolute atomic E-state index is 0.338. The Balaban J connectivity index is 2.64. The van der Waals surface area contributed by atoms with E-state index >= 15 is 0 Å². The summed E-state index contributed by atoms with van der Waals surface area (Å²) in [6.07, 6.45) is 0.538. The van der Waals surface area contributed by atoms with Crippen LogP contribution in [-0.2, 0) is 11.2 Å². The quantitative estimate of drug-likeness (QED) is 0.653. The number of hydrazone groups is 1. The minimum Gasteiger partial charge on any atom is -0.449 e. The summed E-state index contributed by atoms with van der Waals surface area (Å²) in [5.41, 5.74) is 5.41. The fraction of sp³-hybridized carbons (Fsp3) is 0.467. The van der Waals surface area contributed by atoms with E-state index in [1.165, 1.54) is 5.56 Å². The van der Waals surface area contributed by atoms with Gasteiger partial charge in [-0.05, 0) is 37.3 Å². The molecule has 0 aliphatic rings. The van der Waals surface area contributed by atoms with Gasteiger partial charge in [0.15, 0.2) is 0 Å². The van der Waals surface area contributed by atoms with Crippen LogP contribution >= 0.6 is 0 Å². The van der Waals surface area contributed by atoms with Crippen LogP contribution in [0.25, 0.3) is 0 Å². The van der Waals surface area contributed by atoms with Gasteiger partial charge in [-0.3, -0.25) is 0 Å². The predicted octanol–water partition coefficient (Wildman–Crippen LogP) is 3.36. The SMILES string of the molecule is CCOC(=O)N/N=C(/C)c1ccc(CC(C)C)cc1. The molecule has 0 radical (unpaired) electrons. The van der Waals surface area contributed by atoms with Gasteiger partial charge in [0.1, 0.15) is 0 Å². The summed E-state index contributed by atoms with van der Waals surface area (Å²) in [7, 11) is 0. The van der Waals surface area contributed by atoms with E-state index in [1.54, 1.807) is 6.92 Å². The standard InChI is InChI=1S/C15H22N2O2/c1-5-19-15(18)17-16-12(4)14-8-6-13(7-9-14)10-11(2)3/h6-9,11H,5,10H2,1-4H3,(H,17,18)/b16-12-. The van der Waals surface area contributed by atoms with Crippen LogP contribution in [0.1, 0.15) is 38.8 Å². The van der Waals surface area contributed by atoms with Gasteiger partial charge in [0.25, 0.3) is 0 Å². The first kappa shape index (κ1) is 15.2. The summed E-state index contributed by atoms with van der Waals surface area (Å²) in [5.74, 6) is 0.645. The molecule has 1 aromatic rings. The maximum atomic E-state index is 11.1. The lowest BCUT2D eigenvalue weighted by molar-refractivity contribution is 0.152. The Morgan fingerprint density at radius 2 is 1.95 bits per heavy atom. The van der Waals surface area contributed by atoms with Gasteiger partial charge in [-0.15, -0.1) is 0 Å². The molecule has 1 rings (SSSR count). The second-order valence-electron chi connectivity index (χ2n) is 4.82. The van der Waals surface area contributed by atoms with E-state index in [-0.39, 0.29) is 0 Å². The zero-order valence-electron chi connectivity index (χ0n) is 12.1. The van der Waals surface area contributed by atoms with Crippen molar-refractivity contribution in [2.24, 2.45) is 11.0 Å². The molecule has 1 N–H and O–H groups in total. The Kier molecular flexibility index (Phi) is 6.06. The smallest absolute Gasteiger partial charge is 0.427 e. The van der Waals surface area contributed by atoms with Crippen LogP contribution in [0.4, 0.5) is 4.79 Å². The molecule has 0 saturated heterocycles. The molecular formula is C15H22N2O2. The average Bonchev–Trinajstić information content (AvgIpc) is 2.36. The molecule has 0 spiro atoms.